The highest BCUT2D eigenvalue weighted by molar-refractivity contribution is 5.93. The van der Waals surface area contributed by atoms with Crippen molar-refractivity contribution in [2.24, 2.45) is 11.7 Å². The number of hydrogen-bond acceptors (Lipinski definition) is 5. The van der Waals surface area contributed by atoms with Gasteiger partial charge >= 0.3 is 5.97 Å². The van der Waals surface area contributed by atoms with E-state index in [1.165, 1.54) is 18.4 Å². The number of nitrogens with two attached hydrogens (primary N) is 1. The third-order valence-electron chi connectivity index (χ3n) is 6.47. The Morgan fingerprint density at radius 3 is 2.71 bits per heavy atom. The predicted molar refractivity (Wildman–Crippen MR) is 137 cm³/mol. The molecular formula is C30H31NO4. The van der Waals surface area contributed by atoms with E-state index in [9.17, 15) is 4.79 Å². The molecule has 4 aromatic rings. The number of furan rings is 1. The zero-order valence-corrected chi connectivity index (χ0v) is 20.1. The van der Waals surface area contributed by atoms with E-state index in [0.717, 1.165) is 56.9 Å². The molecule has 0 radical (unpaired) electrons. The second-order valence-corrected chi connectivity index (χ2v) is 9.25. The van der Waals surface area contributed by atoms with E-state index in [2.05, 4.69) is 36.4 Å². The van der Waals surface area contributed by atoms with Gasteiger partial charge in [-0.25, -0.2) is 0 Å². The Kier molecular flexibility index (Phi) is 6.87. The molecule has 1 heterocycles. The first kappa shape index (κ1) is 23.2. The van der Waals surface area contributed by atoms with Crippen LogP contribution >= 0.6 is 0 Å². The molecule has 2 N–H and O–H groups in total. The van der Waals surface area contributed by atoms with Crippen molar-refractivity contribution in [3.05, 3.63) is 89.2 Å². The van der Waals surface area contributed by atoms with Gasteiger partial charge in [0.1, 0.15) is 17.9 Å². The molecule has 0 unspecified atom stereocenters. The predicted octanol–water partition coefficient (Wildman–Crippen LogP) is 6.20. The number of carbonyl (C=O) groups is 1. The summed E-state index contributed by atoms with van der Waals surface area (Å²) in [7, 11) is 0. The van der Waals surface area contributed by atoms with Gasteiger partial charge in [-0.2, -0.15) is 0 Å². The van der Waals surface area contributed by atoms with Gasteiger partial charge in [0.25, 0.3) is 0 Å². The van der Waals surface area contributed by atoms with Crippen molar-refractivity contribution in [2.75, 3.05) is 6.61 Å². The minimum atomic E-state index is -0.241. The summed E-state index contributed by atoms with van der Waals surface area (Å²) in [5, 5.41) is 1.02. The Morgan fingerprint density at radius 1 is 1.03 bits per heavy atom. The van der Waals surface area contributed by atoms with Gasteiger partial charge in [-0.15, -0.1) is 0 Å². The van der Waals surface area contributed by atoms with Gasteiger partial charge in [0.05, 0.1) is 19.3 Å². The van der Waals surface area contributed by atoms with Crippen molar-refractivity contribution < 1.29 is 18.7 Å². The highest BCUT2D eigenvalue weighted by Crippen LogP contribution is 2.35. The van der Waals surface area contributed by atoms with Gasteiger partial charge in [-0.1, -0.05) is 30.3 Å². The molecule has 1 saturated carbocycles. The van der Waals surface area contributed by atoms with Crippen molar-refractivity contribution in [1.82, 2.24) is 0 Å². The average molecular weight is 470 g/mol. The van der Waals surface area contributed by atoms with E-state index >= 15 is 0 Å². The quantitative estimate of drug-likeness (QED) is 0.280. The molecule has 0 spiro atoms. The molecule has 5 nitrogen and oxygen atoms in total. The molecule has 1 aliphatic rings. The number of hydrogen-bond donors (Lipinski definition) is 1. The minimum absolute atomic E-state index is 0.199. The van der Waals surface area contributed by atoms with Gasteiger partial charge in [0, 0.05) is 23.1 Å². The normalized spacial score (nSPS) is 13.2. The lowest BCUT2D eigenvalue weighted by Gasteiger charge is -2.14. The number of ether oxygens (including phenoxy) is 2. The van der Waals surface area contributed by atoms with E-state index < -0.39 is 0 Å². The monoisotopic (exact) mass is 469 g/mol. The Balaban J connectivity index is 1.43. The smallest absolute Gasteiger partial charge is 0.310 e. The van der Waals surface area contributed by atoms with Crippen LogP contribution in [0.5, 0.6) is 5.75 Å². The first-order chi connectivity index (χ1) is 17.1. The van der Waals surface area contributed by atoms with E-state index in [1.54, 1.807) is 6.26 Å². The van der Waals surface area contributed by atoms with Gasteiger partial charge < -0.3 is 19.6 Å². The van der Waals surface area contributed by atoms with Crippen molar-refractivity contribution >= 4 is 16.9 Å². The third kappa shape index (κ3) is 5.57. The van der Waals surface area contributed by atoms with Crippen LogP contribution < -0.4 is 10.5 Å². The van der Waals surface area contributed by atoms with Crippen LogP contribution in [0.15, 0.2) is 71.3 Å². The molecule has 1 aliphatic carbocycles. The summed E-state index contributed by atoms with van der Waals surface area (Å²) in [5.41, 5.74) is 13.0. The van der Waals surface area contributed by atoms with Crippen LogP contribution in [0.3, 0.4) is 0 Å². The topological polar surface area (TPSA) is 74.7 Å². The highest BCUT2D eigenvalue weighted by Gasteiger charge is 2.22. The van der Waals surface area contributed by atoms with Crippen molar-refractivity contribution in [3.8, 4) is 16.9 Å². The van der Waals surface area contributed by atoms with Gasteiger partial charge in [0.15, 0.2) is 0 Å². The van der Waals surface area contributed by atoms with Crippen molar-refractivity contribution in [1.29, 1.82) is 0 Å². The Hall–Kier alpha value is -3.57. The fourth-order valence-electron chi connectivity index (χ4n) is 4.50. The van der Waals surface area contributed by atoms with Crippen LogP contribution in [0.2, 0.25) is 0 Å². The molecular weight excluding hydrogens is 438 g/mol. The molecule has 0 amide bonds. The van der Waals surface area contributed by atoms with E-state index in [0.29, 0.717) is 19.8 Å². The molecule has 0 bridgehead atoms. The summed E-state index contributed by atoms with van der Waals surface area (Å²) in [4.78, 5) is 12.2. The first-order valence-corrected chi connectivity index (χ1v) is 12.3. The molecule has 180 valence electrons. The maximum absolute atomic E-state index is 12.2. The van der Waals surface area contributed by atoms with Gasteiger partial charge in [-0.3, -0.25) is 4.79 Å². The molecule has 5 rings (SSSR count). The lowest BCUT2D eigenvalue weighted by atomic mass is 9.99. The molecule has 1 fully saturated rings. The average Bonchev–Trinajstić information content (AvgIpc) is 3.56. The summed E-state index contributed by atoms with van der Waals surface area (Å²) in [6.07, 6.45) is 5.55. The number of rotatable bonds is 10. The summed E-state index contributed by atoms with van der Waals surface area (Å²) >= 11 is 0. The molecule has 0 aliphatic heterocycles. The van der Waals surface area contributed by atoms with Crippen molar-refractivity contribution in [3.63, 3.8) is 0 Å². The summed E-state index contributed by atoms with van der Waals surface area (Å²) < 4.78 is 17.3. The molecule has 35 heavy (non-hydrogen) atoms. The number of benzene rings is 3. The van der Waals surface area contributed by atoms with E-state index in [1.807, 2.05) is 31.2 Å². The van der Waals surface area contributed by atoms with Crippen LogP contribution in [-0.4, -0.2) is 12.6 Å². The lowest BCUT2D eigenvalue weighted by Crippen LogP contribution is -2.09. The second-order valence-electron chi connectivity index (χ2n) is 9.25. The van der Waals surface area contributed by atoms with E-state index in [-0.39, 0.29) is 12.4 Å². The second kappa shape index (κ2) is 10.4. The molecule has 1 aromatic heterocycles. The van der Waals surface area contributed by atoms with Gasteiger partial charge in [0.2, 0.25) is 0 Å². The van der Waals surface area contributed by atoms with Gasteiger partial charge in [-0.05, 0) is 84.7 Å². The zero-order chi connectivity index (χ0) is 24.2. The maximum atomic E-state index is 12.2. The first-order valence-electron chi connectivity index (χ1n) is 12.3. The van der Waals surface area contributed by atoms with Crippen LogP contribution in [0.1, 0.15) is 42.0 Å². The molecule has 3 aromatic carbocycles. The summed E-state index contributed by atoms with van der Waals surface area (Å²) in [5.74, 6) is 1.28. The van der Waals surface area contributed by atoms with E-state index in [4.69, 9.17) is 19.6 Å². The number of carbonyl (C=O) groups excluding carboxylic acids is 1. The Labute approximate surface area is 205 Å². The number of esters is 1. The standard InChI is InChI=1S/C30H31NO4/c1-2-33-29(32)17-25-9-8-21(12-20-6-7-20)16-28(25)35-19-23-14-26-10-11-34-30(26)27(15-23)24-5-3-4-22(13-24)18-31/h3-5,8-11,13-16,20H,2,6-7,12,17-19,31H2,1H3. The maximum Gasteiger partial charge on any atom is 0.310 e. The lowest BCUT2D eigenvalue weighted by molar-refractivity contribution is -0.142. The third-order valence-corrected chi connectivity index (χ3v) is 6.47. The summed E-state index contributed by atoms with van der Waals surface area (Å²) in [6.45, 7) is 3.06. The molecule has 5 heteroatoms. The molecule has 0 saturated heterocycles. The highest BCUT2D eigenvalue weighted by atomic mass is 16.5. The SMILES string of the molecule is CCOC(=O)Cc1ccc(CC2CC2)cc1OCc1cc(-c2cccc(CN)c2)c2occc2c1. The largest absolute Gasteiger partial charge is 0.489 e. The van der Waals surface area contributed by atoms with Crippen LogP contribution in [0, 0.1) is 5.92 Å². The van der Waals surface area contributed by atoms with Crippen LogP contribution in [-0.2, 0) is 35.5 Å². The number of fused-ring (bicyclic) bond motifs is 1. The Bertz CT molecular complexity index is 1340. The fourth-order valence-corrected chi connectivity index (χ4v) is 4.50. The van der Waals surface area contributed by atoms with Crippen LogP contribution in [0.25, 0.3) is 22.1 Å². The summed E-state index contributed by atoms with van der Waals surface area (Å²) in [6, 6.07) is 20.6. The molecule has 0 atom stereocenters. The van der Waals surface area contributed by atoms with Crippen molar-refractivity contribution in [2.45, 2.75) is 45.8 Å². The Morgan fingerprint density at radius 2 is 1.91 bits per heavy atom. The zero-order valence-electron chi connectivity index (χ0n) is 20.1. The fraction of sp³-hybridized carbons (Fsp3) is 0.300. The van der Waals surface area contributed by atoms with Crippen LogP contribution in [0.4, 0.5) is 0 Å². The minimum Gasteiger partial charge on any atom is -0.489 e.